The van der Waals surface area contributed by atoms with Gasteiger partial charge in [-0.3, -0.25) is 14.7 Å². The Morgan fingerprint density at radius 3 is 2.78 bits per heavy atom. The van der Waals surface area contributed by atoms with Crippen molar-refractivity contribution < 1.29 is 0 Å². The van der Waals surface area contributed by atoms with Gasteiger partial charge in [0.25, 0.3) is 5.56 Å². The number of nitrogens with zero attached hydrogens (tertiary/aromatic N) is 6. The summed E-state index contributed by atoms with van der Waals surface area (Å²) in [5.74, 6) is 3.19. The van der Waals surface area contributed by atoms with Gasteiger partial charge < -0.3 is 9.80 Å². The number of aromatic nitrogens is 4. The topological polar surface area (TPSA) is 81.2 Å². The van der Waals surface area contributed by atoms with Gasteiger partial charge in [0.05, 0.1) is 5.69 Å². The molecule has 2 aliphatic rings. The summed E-state index contributed by atoms with van der Waals surface area (Å²) in [7, 11) is 5.85. The zero-order valence-corrected chi connectivity index (χ0v) is 16.2. The molecule has 1 saturated carbocycles. The molecule has 0 bridgehead atoms. The number of H-pyrrole nitrogens is 1. The standard InChI is InChI=1S/C19H27N7O/c1-24(2)19-21-14(10-17(27)23-19)11-25(3)15-7-9-26(12-15)16-6-8-20-18(22-16)13-4-5-13/h6,8,10,13,15H,4-5,7,9,11-12H2,1-3H3,(H,21,23,27)/t15-/m1/s1. The van der Waals surface area contributed by atoms with Crippen LogP contribution >= 0.6 is 0 Å². The third-order valence-corrected chi connectivity index (χ3v) is 5.33. The first-order valence-electron chi connectivity index (χ1n) is 9.55. The van der Waals surface area contributed by atoms with Crippen LogP contribution in [0.1, 0.15) is 36.7 Å². The lowest BCUT2D eigenvalue weighted by Crippen LogP contribution is -2.35. The van der Waals surface area contributed by atoms with E-state index < -0.39 is 0 Å². The lowest BCUT2D eigenvalue weighted by Gasteiger charge is -2.25. The van der Waals surface area contributed by atoms with Crippen molar-refractivity contribution in [2.24, 2.45) is 0 Å². The maximum Gasteiger partial charge on any atom is 0.252 e. The molecule has 8 nitrogen and oxygen atoms in total. The van der Waals surface area contributed by atoms with E-state index in [9.17, 15) is 4.79 Å². The molecule has 0 aromatic carbocycles. The normalized spacial score (nSPS) is 19.7. The van der Waals surface area contributed by atoms with E-state index in [-0.39, 0.29) is 5.56 Å². The molecule has 1 atom stereocenters. The first-order chi connectivity index (χ1) is 13.0. The molecule has 2 aromatic heterocycles. The summed E-state index contributed by atoms with van der Waals surface area (Å²) in [6.07, 6.45) is 5.39. The summed E-state index contributed by atoms with van der Waals surface area (Å²) < 4.78 is 0. The van der Waals surface area contributed by atoms with Crippen molar-refractivity contribution in [3.63, 3.8) is 0 Å². The quantitative estimate of drug-likeness (QED) is 0.820. The first-order valence-corrected chi connectivity index (χ1v) is 9.55. The van der Waals surface area contributed by atoms with E-state index >= 15 is 0 Å². The van der Waals surface area contributed by atoms with Crippen LogP contribution < -0.4 is 15.4 Å². The second-order valence-electron chi connectivity index (χ2n) is 7.81. The predicted molar refractivity (Wildman–Crippen MR) is 105 cm³/mol. The largest absolute Gasteiger partial charge is 0.355 e. The summed E-state index contributed by atoms with van der Waals surface area (Å²) in [4.78, 5) is 34.8. The van der Waals surface area contributed by atoms with Crippen molar-refractivity contribution in [3.8, 4) is 0 Å². The Labute approximate surface area is 159 Å². The van der Waals surface area contributed by atoms with E-state index in [1.807, 2.05) is 31.3 Å². The molecule has 2 aromatic rings. The fourth-order valence-corrected chi connectivity index (χ4v) is 3.56. The Morgan fingerprint density at radius 1 is 1.22 bits per heavy atom. The van der Waals surface area contributed by atoms with Crippen molar-refractivity contribution in [2.75, 3.05) is 44.0 Å². The lowest BCUT2D eigenvalue weighted by molar-refractivity contribution is 0.247. The summed E-state index contributed by atoms with van der Waals surface area (Å²) in [6.45, 7) is 2.57. The molecular formula is C19H27N7O. The van der Waals surface area contributed by atoms with E-state index in [2.05, 4.69) is 31.8 Å². The number of anilines is 2. The molecule has 0 radical (unpaired) electrons. The van der Waals surface area contributed by atoms with E-state index in [0.29, 0.717) is 24.5 Å². The highest BCUT2D eigenvalue weighted by Gasteiger charge is 2.30. The number of aromatic amines is 1. The van der Waals surface area contributed by atoms with Gasteiger partial charge in [0.2, 0.25) is 5.95 Å². The molecule has 1 aliphatic heterocycles. The lowest BCUT2D eigenvalue weighted by atomic mass is 10.2. The molecule has 4 rings (SSSR count). The minimum atomic E-state index is -0.112. The summed E-state index contributed by atoms with van der Waals surface area (Å²) >= 11 is 0. The van der Waals surface area contributed by atoms with Gasteiger partial charge in [-0.25, -0.2) is 15.0 Å². The molecule has 0 unspecified atom stereocenters. The second-order valence-corrected chi connectivity index (χ2v) is 7.81. The summed E-state index contributed by atoms with van der Waals surface area (Å²) in [6, 6.07) is 4.01. The van der Waals surface area contributed by atoms with E-state index in [1.165, 1.54) is 12.8 Å². The zero-order valence-electron chi connectivity index (χ0n) is 16.2. The molecule has 144 valence electrons. The highest BCUT2D eigenvalue weighted by Crippen LogP contribution is 2.38. The van der Waals surface area contributed by atoms with Crippen LogP contribution in [-0.4, -0.2) is 65.1 Å². The van der Waals surface area contributed by atoms with Crippen LogP contribution in [0.5, 0.6) is 0 Å². The first kappa shape index (κ1) is 17.9. The fraction of sp³-hybridized carbons (Fsp3) is 0.579. The molecule has 2 fully saturated rings. The number of likely N-dealkylation sites (N-methyl/N-ethyl adjacent to an activating group) is 1. The zero-order chi connectivity index (χ0) is 19.0. The van der Waals surface area contributed by atoms with Crippen LogP contribution in [0.2, 0.25) is 0 Å². The third-order valence-electron chi connectivity index (χ3n) is 5.33. The second kappa shape index (κ2) is 7.26. The number of hydrogen-bond donors (Lipinski definition) is 1. The van der Waals surface area contributed by atoms with Gasteiger partial charge in [0.1, 0.15) is 11.6 Å². The van der Waals surface area contributed by atoms with E-state index in [4.69, 9.17) is 4.98 Å². The Bertz CT molecular complexity index is 861. The number of hydrogen-bond acceptors (Lipinski definition) is 7. The summed E-state index contributed by atoms with van der Waals surface area (Å²) in [5.41, 5.74) is 0.681. The summed E-state index contributed by atoms with van der Waals surface area (Å²) in [5, 5.41) is 0. The van der Waals surface area contributed by atoms with Crippen LogP contribution in [-0.2, 0) is 6.54 Å². The average Bonchev–Trinajstić information content (AvgIpc) is 3.37. The molecule has 0 spiro atoms. The Hall–Kier alpha value is -2.48. The number of nitrogens with one attached hydrogen (secondary N) is 1. The highest BCUT2D eigenvalue weighted by molar-refractivity contribution is 5.40. The van der Waals surface area contributed by atoms with Gasteiger partial charge in [-0.15, -0.1) is 0 Å². The van der Waals surface area contributed by atoms with Crippen molar-refractivity contribution in [3.05, 3.63) is 40.2 Å². The van der Waals surface area contributed by atoms with Crippen LogP contribution in [0.25, 0.3) is 0 Å². The van der Waals surface area contributed by atoms with Gasteiger partial charge in [-0.05, 0) is 32.4 Å². The maximum atomic E-state index is 11.9. The molecule has 1 saturated heterocycles. The minimum Gasteiger partial charge on any atom is -0.355 e. The SMILES string of the molecule is CN(C)c1nc(CN(C)[C@@H]2CCN(c3ccnc(C4CC4)n3)C2)cc(=O)[nH]1. The molecule has 8 heteroatoms. The maximum absolute atomic E-state index is 11.9. The van der Waals surface area contributed by atoms with Gasteiger partial charge in [-0.1, -0.05) is 0 Å². The molecule has 27 heavy (non-hydrogen) atoms. The minimum absolute atomic E-state index is 0.112. The van der Waals surface area contributed by atoms with Crippen LogP contribution in [0.3, 0.4) is 0 Å². The number of rotatable bonds is 6. The molecule has 3 heterocycles. The van der Waals surface area contributed by atoms with Crippen LogP contribution in [0.4, 0.5) is 11.8 Å². The fourth-order valence-electron chi connectivity index (χ4n) is 3.56. The van der Waals surface area contributed by atoms with Crippen LogP contribution in [0, 0.1) is 0 Å². The van der Waals surface area contributed by atoms with Gasteiger partial charge in [-0.2, -0.15) is 0 Å². The van der Waals surface area contributed by atoms with Gasteiger partial charge in [0, 0.05) is 58.0 Å². The molecule has 1 aliphatic carbocycles. The Morgan fingerprint density at radius 2 is 2.04 bits per heavy atom. The molecule has 1 N–H and O–H groups in total. The Balaban J connectivity index is 1.41. The molecule has 0 amide bonds. The highest BCUT2D eigenvalue weighted by atomic mass is 16.1. The van der Waals surface area contributed by atoms with Crippen LogP contribution in [0.15, 0.2) is 23.1 Å². The van der Waals surface area contributed by atoms with E-state index in [1.54, 1.807) is 6.07 Å². The Kier molecular flexibility index (Phi) is 4.82. The van der Waals surface area contributed by atoms with Crippen molar-refractivity contribution in [2.45, 2.75) is 37.8 Å². The van der Waals surface area contributed by atoms with Gasteiger partial charge in [0.15, 0.2) is 0 Å². The van der Waals surface area contributed by atoms with Gasteiger partial charge >= 0.3 is 0 Å². The monoisotopic (exact) mass is 369 g/mol. The third kappa shape index (κ3) is 4.10. The van der Waals surface area contributed by atoms with Crippen molar-refractivity contribution in [1.29, 1.82) is 0 Å². The van der Waals surface area contributed by atoms with E-state index in [0.717, 1.165) is 36.8 Å². The predicted octanol–water partition coefficient (Wildman–Crippen LogP) is 1.21. The van der Waals surface area contributed by atoms with Crippen molar-refractivity contribution >= 4 is 11.8 Å². The van der Waals surface area contributed by atoms with Crippen molar-refractivity contribution in [1.82, 2.24) is 24.8 Å². The molecular weight excluding hydrogens is 342 g/mol. The average molecular weight is 369 g/mol. The smallest absolute Gasteiger partial charge is 0.252 e.